The minimum atomic E-state index is -0.00469. The molecule has 0 bridgehead atoms. The maximum atomic E-state index is 9.44. The van der Waals surface area contributed by atoms with Crippen molar-refractivity contribution >= 4 is 0 Å². The van der Waals surface area contributed by atoms with Crippen LogP contribution in [0.5, 0.6) is 5.75 Å². The molecule has 0 aliphatic rings. The van der Waals surface area contributed by atoms with Crippen molar-refractivity contribution in [2.45, 2.75) is 19.8 Å². The molecule has 0 spiro atoms. The number of hydrogen-bond donors (Lipinski definition) is 1. The van der Waals surface area contributed by atoms with Gasteiger partial charge in [-0.3, -0.25) is 0 Å². The molecule has 1 aromatic rings. The summed E-state index contributed by atoms with van der Waals surface area (Å²) in [7, 11) is 0. The Balaban J connectivity index is 3.05. The Kier molecular flexibility index (Phi) is 3.38. The van der Waals surface area contributed by atoms with E-state index < -0.39 is 0 Å². The first kappa shape index (κ1) is 9.84. The van der Waals surface area contributed by atoms with E-state index in [0.717, 1.165) is 3.57 Å². The average molecular weight is 277 g/mol. The standard InChI is InChI=1S/C10H14IO/c1-7(2)8-4-5-10(12)9(6-8)11-3/h4-7,12H,1-3H3/q-1. The third-order valence-corrected chi connectivity index (χ3v) is 3.87. The average Bonchev–Trinajstić information content (AvgIpc) is 2.05. The molecule has 0 unspecified atom stereocenters. The van der Waals surface area contributed by atoms with Crippen LogP contribution in [0.2, 0.25) is 0 Å². The zero-order valence-electron chi connectivity index (χ0n) is 7.63. The van der Waals surface area contributed by atoms with E-state index in [2.05, 4.69) is 24.8 Å². The predicted molar refractivity (Wildman–Crippen MR) is 46.8 cm³/mol. The van der Waals surface area contributed by atoms with Crippen LogP contribution in [0.25, 0.3) is 0 Å². The number of hydrogen-bond acceptors (Lipinski definition) is 1. The Hall–Kier alpha value is -0.250. The van der Waals surface area contributed by atoms with Crippen LogP contribution >= 0.6 is 0 Å². The zero-order chi connectivity index (χ0) is 9.14. The van der Waals surface area contributed by atoms with E-state index in [1.807, 2.05) is 12.1 Å². The topological polar surface area (TPSA) is 20.2 Å². The third-order valence-electron chi connectivity index (χ3n) is 1.84. The van der Waals surface area contributed by atoms with E-state index in [-0.39, 0.29) is 21.2 Å². The SMILES string of the molecule is C[I-]c1cc(C(C)C)ccc1O. The second-order valence-corrected chi connectivity index (χ2v) is 5.30. The summed E-state index contributed by atoms with van der Waals surface area (Å²) in [4.78, 5) is 2.16. The monoisotopic (exact) mass is 277 g/mol. The van der Waals surface area contributed by atoms with E-state index in [4.69, 9.17) is 0 Å². The third kappa shape index (κ3) is 2.12. The van der Waals surface area contributed by atoms with Crippen molar-refractivity contribution in [2.24, 2.45) is 0 Å². The van der Waals surface area contributed by atoms with Gasteiger partial charge in [-0.25, -0.2) is 0 Å². The molecule has 0 amide bonds. The van der Waals surface area contributed by atoms with E-state index in [1.165, 1.54) is 5.56 Å². The molecule has 0 aliphatic heterocycles. The molecule has 0 fully saturated rings. The van der Waals surface area contributed by atoms with E-state index in [0.29, 0.717) is 11.7 Å². The fourth-order valence-corrected chi connectivity index (χ4v) is 2.44. The molecule has 0 saturated carbocycles. The van der Waals surface area contributed by atoms with Crippen LogP contribution in [-0.2, 0) is 0 Å². The minimum absolute atomic E-state index is 0.00469. The van der Waals surface area contributed by atoms with Gasteiger partial charge in [-0.15, -0.1) is 0 Å². The van der Waals surface area contributed by atoms with Gasteiger partial charge in [-0.05, 0) is 0 Å². The molecular formula is C10H14IO-. The number of rotatable bonds is 2. The molecule has 0 aromatic heterocycles. The number of phenolic OH excluding ortho intramolecular Hbond substituents is 1. The first-order valence-corrected chi connectivity index (χ1v) is 7.21. The number of alkyl halides is 1. The van der Waals surface area contributed by atoms with Gasteiger partial charge in [0.15, 0.2) is 0 Å². The van der Waals surface area contributed by atoms with Crippen molar-refractivity contribution in [3.05, 3.63) is 27.3 Å². The Morgan fingerprint density at radius 2 is 2.00 bits per heavy atom. The molecule has 0 saturated heterocycles. The molecule has 0 heterocycles. The Bertz CT molecular complexity index is 269. The molecule has 12 heavy (non-hydrogen) atoms. The zero-order valence-corrected chi connectivity index (χ0v) is 9.79. The van der Waals surface area contributed by atoms with Gasteiger partial charge in [0.25, 0.3) is 0 Å². The van der Waals surface area contributed by atoms with Gasteiger partial charge in [0.2, 0.25) is 0 Å². The Labute approximate surface area is 84.1 Å². The number of aromatic hydroxyl groups is 1. The van der Waals surface area contributed by atoms with Crippen molar-refractivity contribution in [3.63, 3.8) is 0 Å². The summed E-state index contributed by atoms with van der Waals surface area (Å²) in [5, 5.41) is 9.44. The normalized spacial score (nSPS) is 11.0. The first-order valence-electron chi connectivity index (χ1n) is 3.97. The summed E-state index contributed by atoms with van der Waals surface area (Å²) >= 11 is -0.00469. The van der Waals surface area contributed by atoms with Gasteiger partial charge >= 0.3 is 84.1 Å². The molecule has 0 atom stereocenters. The van der Waals surface area contributed by atoms with Crippen LogP contribution < -0.4 is 21.2 Å². The summed E-state index contributed by atoms with van der Waals surface area (Å²) in [6, 6.07) is 5.95. The molecule has 0 radical (unpaired) electrons. The predicted octanol–water partition coefficient (Wildman–Crippen LogP) is -0.596. The van der Waals surface area contributed by atoms with Gasteiger partial charge in [0, 0.05) is 0 Å². The Morgan fingerprint density at radius 3 is 2.50 bits per heavy atom. The summed E-state index contributed by atoms with van der Waals surface area (Å²) in [5.41, 5.74) is 1.32. The fraction of sp³-hybridized carbons (Fsp3) is 0.400. The summed E-state index contributed by atoms with van der Waals surface area (Å²) in [6.45, 7) is 4.34. The van der Waals surface area contributed by atoms with E-state index in [9.17, 15) is 5.11 Å². The fourth-order valence-electron chi connectivity index (χ4n) is 1.03. The Morgan fingerprint density at radius 1 is 1.33 bits per heavy atom. The van der Waals surface area contributed by atoms with Gasteiger partial charge in [0.1, 0.15) is 0 Å². The van der Waals surface area contributed by atoms with E-state index >= 15 is 0 Å². The number of halogens is 1. The molecule has 1 N–H and O–H groups in total. The molecule has 68 valence electrons. The first-order chi connectivity index (χ1) is 5.65. The van der Waals surface area contributed by atoms with Gasteiger partial charge in [-0.1, -0.05) is 0 Å². The van der Waals surface area contributed by atoms with Crippen LogP contribution in [0, 0.1) is 3.57 Å². The van der Waals surface area contributed by atoms with Gasteiger partial charge in [0.05, 0.1) is 0 Å². The van der Waals surface area contributed by atoms with Crippen molar-refractivity contribution in [3.8, 4) is 5.75 Å². The van der Waals surface area contributed by atoms with Crippen LogP contribution in [0.4, 0.5) is 0 Å². The second kappa shape index (κ2) is 4.12. The number of benzene rings is 1. The van der Waals surface area contributed by atoms with Gasteiger partial charge in [-0.2, -0.15) is 0 Å². The van der Waals surface area contributed by atoms with Crippen LogP contribution in [0.1, 0.15) is 25.3 Å². The van der Waals surface area contributed by atoms with Crippen molar-refractivity contribution in [1.82, 2.24) is 0 Å². The molecule has 0 aliphatic carbocycles. The van der Waals surface area contributed by atoms with Crippen LogP contribution in [0.15, 0.2) is 18.2 Å². The molecular weight excluding hydrogens is 263 g/mol. The van der Waals surface area contributed by atoms with Crippen molar-refractivity contribution < 1.29 is 26.3 Å². The van der Waals surface area contributed by atoms with Crippen molar-refractivity contribution in [2.75, 3.05) is 4.93 Å². The van der Waals surface area contributed by atoms with E-state index in [1.54, 1.807) is 0 Å². The molecule has 1 rings (SSSR count). The van der Waals surface area contributed by atoms with Crippen LogP contribution in [-0.4, -0.2) is 10.0 Å². The summed E-state index contributed by atoms with van der Waals surface area (Å²) in [5.74, 6) is 1.02. The van der Waals surface area contributed by atoms with Crippen molar-refractivity contribution in [1.29, 1.82) is 0 Å². The maximum absolute atomic E-state index is 9.44. The molecule has 1 aromatic carbocycles. The summed E-state index contributed by atoms with van der Waals surface area (Å²) in [6.07, 6.45) is 0. The molecule has 2 heteroatoms. The molecule has 1 nitrogen and oxygen atoms in total. The quantitative estimate of drug-likeness (QED) is 0.565. The number of phenols is 1. The van der Waals surface area contributed by atoms with Gasteiger partial charge < -0.3 is 0 Å². The summed E-state index contributed by atoms with van der Waals surface area (Å²) < 4.78 is 1.15. The van der Waals surface area contributed by atoms with Crippen LogP contribution in [0.3, 0.4) is 0 Å². The second-order valence-electron chi connectivity index (χ2n) is 3.05.